The van der Waals surface area contributed by atoms with Gasteiger partial charge in [-0.2, -0.15) is 0 Å². The first-order chi connectivity index (χ1) is 10.3. The molecule has 0 radical (unpaired) electrons. The number of aliphatic hydroxyl groups excluding tert-OH is 1. The number of benzene rings is 2. The minimum atomic E-state index is -0.271. The van der Waals surface area contributed by atoms with Crippen molar-refractivity contribution in [2.75, 3.05) is 6.61 Å². The molecule has 21 heavy (non-hydrogen) atoms. The molecule has 0 fully saturated rings. The maximum Gasteiger partial charge on any atom is 0.113 e. The van der Waals surface area contributed by atoms with Crippen molar-refractivity contribution in [2.45, 2.75) is 6.04 Å². The van der Waals surface area contributed by atoms with Gasteiger partial charge in [-0.3, -0.25) is 0 Å². The van der Waals surface area contributed by atoms with Gasteiger partial charge in [0.25, 0.3) is 0 Å². The lowest BCUT2D eigenvalue weighted by Gasteiger charge is -2.14. The van der Waals surface area contributed by atoms with Gasteiger partial charge in [0, 0.05) is 10.6 Å². The number of aromatic nitrogens is 3. The molecule has 0 saturated carbocycles. The van der Waals surface area contributed by atoms with E-state index in [1.54, 1.807) is 16.8 Å². The Labute approximate surface area is 127 Å². The highest BCUT2D eigenvalue weighted by molar-refractivity contribution is 6.30. The third-order valence-electron chi connectivity index (χ3n) is 3.33. The van der Waals surface area contributed by atoms with E-state index >= 15 is 0 Å². The van der Waals surface area contributed by atoms with Gasteiger partial charge in [-0.15, -0.1) is 5.10 Å². The molecular weight excluding hydrogens is 286 g/mol. The Kier molecular flexibility index (Phi) is 3.99. The molecule has 0 saturated heterocycles. The van der Waals surface area contributed by atoms with Crippen LogP contribution in [0.4, 0.5) is 0 Å². The zero-order valence-corrected chi connectivity index (χ0v) is 12.0. The average molecular weight is 300 g/mol. The highest BCUT2D eigenvalue weighted by Gasteiger charge is 2.15. The van der Waals surface area contributed by atoms with E-state index in [9.17, 15) is 5.11 Å². The van der Waals surface area contributed by atoms with E-state index in [0.29, 0.717) is 5.02 Å². The molecule has 1 atom stereocenters. The van der Waals surface area contributed by atoms with Crippen molar-refractivity contribution in [3.8, 4) is 11.3 Å². The van der Waals surface area contributed by atoms with E-state index in [2.05, 4.69) is 10.3 Å². The fourth-order valence-electron chi connectivity index (χ4n) is 2.20. The summed E-state index contributed by atoms with van der Waals surface area (Å²) >= 11 is 5.89. The summed E-state index contributed by atoms with van der Waals surface area (Å²) in [6.07, 6.45) is 1.84. The average Bonchev–Trinajstić information content (AvgIpc) is 3.00. The number of aliphatic hydroxyl groups is 1. The summed E-state index contributed by atoms with van der Waals surface area (Å²) in [4.78, 5) is 0. The van der Waals surface area contributed by atoms with Crippen LogP contribution in [-0.2, 0) is 0 Å². The highest BCUT2D eigenvalue weighted by Crippen LogP contribution is 2.22. The van der Waals surface area contributed by atoms with Crippen LogP contribution in [-0.4, -0.2) is 26.7 Å². The van der Waals surface area contributed by atoms with Gasteiger partial charge < -0.3 is 5.11 Å². The van der Waals surface area contributed by atoms with Gasteiger partial charge in [0.1, 0.15) is 11.7 Å². The third kappa shape index (κ3) is 2.96. The van der Waals surface area contributed by atoms with Crippen molar-refractivity contribution in [1.29, 1.82) is 0 Å². The monoisotopic (exact) mass is 299 g/mol. The molecule has 0 bridgehead atoms. The predicted octanol–water partition coefficient (Wildman–Crippen LogP) is 3.18. The SMILES string of the molecule is OCC(c1ccc(Cl)cc1)n1cc(-c2ccccc2)nn1. The van der Waals surface area contributed by atoms with Crippen molar-refractivity contribution in [3.63, 3.8) is 0 Å². The van der Waals surface area contributed by atoms with Crippen molar-refractivity contribution in [1.82, 2.24) is 15.0 Å². The minimum absolute atomic E-state index is 0.0563. The second-order valence-corrected chi connectivity index (χ2v) is 5.14. The first kappa shape index (κ1) is 13.8. The topological polar surface area (TPSA) is 50.9 Å². The Morgan fingerprint density at radius 3 is 2.43 bits per heavy atom. The lowest BCUT2D eigenvalue weighted by atomic mass is 10.1. The van der Waals surface area contributed by atoms with Crippen LogP contribution in [0.25, 0.3) is 11.3 Å². The molecule has 4 nitrogen and oxygen atoms in total. The molecule has 1 N–H and O–H groups in total. The summed E-state index contributed by atoms with van der Waals surface area (Å²) in [6, 6.07) is 16.9. The molecular formula is C16H14ClN3O. The molecule has 0 aliphatic rings. The van der Waals surface area contributed by atoms with E-state index in [0.717, 1.165) is 16.8 Å². The van der Waals surface area contributed by atoms with Crippen LogP contribution in [0, 0.1) is 0 Å². The smallest absolute Gasteiger partial charge is 0.113 e. The van der Waals surface area contributed by atoms with E-state index in [4.69, 9.17) is 11.6 Å². The molecule has 0 aliphatic carbocycles. The molecule has 1 heterocycles. The molecule has 2 aromatic carbocycles. The molecule has 3 rings (SSSR count). The largest absolute Gasteiger partial charge is 0.394 e. The molecule has 0 spiro atoms. The zero-order valence-electron chi connectivity index (χ0n) is 11.2. The summed E-state index contributed by atoms with van der Waals surface area (Å²) in [5.74, 6) is 0. The van der Waals surface area contributed by atoms with Crippen LogP contribution in [0.5, 0.6) is 0 Å². The molecule has 0 aliphatic heterocycles. The van der Waals surface area contributed by atoms with Crippen molar-refractivity contribution < 1.29 is 5.11 Å². The summed E-state index contributed by atoms with van der Waals surface area (Å²) in [5.41, 5.74) is 2.71. The summed E-state index contributed by atoms with van der Waals surface area (Å²) in [7, 11) is 0. The van der Waals surface area contributed by atoms with Gasteiger partial charge in [0.2, 0.25) is 0 Å². The van der Waals surface area contributed by atoms with Crippen LogP contribution in [0.2, 0.25) is 5.02 Å². The number of hydrogen-bond acceptors (Lipinski definition) is 3. The summed E-state index contributed by atoms with van der Waals surface area (Å²) in [6.45, 7) is -0.0563. The first-order valence-corrected chi connectivity index (χ1v) is 6.99. The molecule has 3 aromatic rings. The van der Waals surface area contributed by atoms with Crippen molar-refractivity contribution in [3.05, 3.63) is 71.4 Å². The maximum atomic E-state index is 9.66. The normalized spacial score (nSPS) is 12.3. The van der Waals surface area contributed by atoms with Crippen molar-refractivity contribution >= 4 is 11.6 Å². The highest BCUT2D eigenvalue weighted by atomic mass is 35.5. The quantitative estimate of drug-likeness (QED) is 0.805. The predicted molar refractivity (Wildman–Crippen MR) is 82.1 cm³/mol. The molecule has 1 unspecified atom stereocenters. The molecule has 5 heteroatoms. The zero-order chi connectivity index (χ0) is 14.7. The van der Waals surface area contributed by atoms with Crippen LogP contribution < -0.4 is 0 Å². The van der Waals surface area contributed by atoms with E-state index in [1.165, 1.54) is 0 Å². The number of nitrogens with zero attached hydrogens (tertiary/aromatic N) is 3. The number of rotatable bonds is 4. The Balaban J connectivity index is 1.92. The van der Waals surface area contributed by atoms with Crippen molar-refractivity contribution in [2.24, 2.45) is 0 Å². The van der Waals surface area contributed by atoms with Gasteiger partial charge in [-0.05, 0) is 17.7 Å². The van der Waals surface area contributed by atoms with Crippen LogP contribution >= 0.6 is 11.6 Å². The molecule has 0 amide bonds. The van der Waals surface area contributed by atoms with Gasteiger partial charge in [-0.25, -0.2) is 4.68 Å². The lowest BCUT2D eigenvalue weighted by Crippen LogP contribution is -2.15. The van der Waals surface area contributed by atoms with Crippen LogP contribution in [0.15, 0.2) is 60.8 Å². The molecule has 1 aromatic heterocycles. The molecule has 106 valence electrons. The third-order valence-corrected chi connectivity index (χ3v) is 3.58. The number of halogens is 1. The van der Waals surface area contributed by atoms with Gasteiger partial charge in [0.05, 0.1) is 12.8 Å². The fraction of sp³-hybridized carbons (Fsp3) is 0.125. The summed E-state index contributed by atoms with van der Waals surface area (Å²) in [5, 5.41) is 18.6. The first-order valence-electron chi connectivity index (χ1n) is 6.61. The van der Waals surface area contributed by atoms with E-state index < -0.39 is 0 Å². The van der Waals surface area contributed by atoms with Crippen LogP contribution in [0.1, 0.15) is 11.6 Å². The van der Waals surface area contributed by atoms with Gasteiger partial charge in [0.15, 0.2) is 0 Å². The van der Waals surface area contributed by atoms with Crippen LogP contribution in [0.3, 0.4) is 0 Å². The van der Waals surface area contributed by atoms with Gasteiger partial charge in [-0.1, -0.05) is 59.3 Å². The Morgan fingerprint density at radius 2 is 1.76 bits per heavy atom. The minimum Gasteiger partial charge on any atom is -0.394 e. The Hall–Kier alpha value is -2.17. The fourth-order valence-corrected chi connectivity index (χ4v) is 2.32. The lowest BCUT2D eigenvalue weighted by molar-refractivity contribution is 0.239. The van der Waals surface area contributed by atoms with E-state index in [1.807, 2.05) is 48.7 Å². The summed E-state index contributed by atoms with van der Waals surface area (Å²) < 4.78 is 1.67. The standard InChI is InChI=1S/C16H14ClN3O/c17-14-8-6-13(7-9-14)16(11-21)20-10-15(18-19-20)12-4-2-1-3-5-12/h1-10,16,21H,11H2. The maximum absolute atomic E-state index is 9.66. The second-order valence-electron chi connectivity index (χ2n) is 4.70. The Morgan fingerprint density at radius 1 is 1.05 bits per heavy atom. The number of hydrogen-bond donors (Lipinski definition) is 1. The Bertz CT molecular complexity index is 710. The second kappa shape index (κ2) is 6.08. The van der Waals surface area contributed by atoms with Gasteiger partial charge >= 0.3 is 0 Å². The van der Waals surface area contributed by atoms with E-state index in [-0.39, 0.29) is 12.6 Å².